The van der Waals surface area contributed by atoms with E-state index in [-0.39, 0.29) is 11.5 Å². The molecule has 0 spiro atoms. The smallest absolute Gasteiger partial charge is 0.329 e. The Bertz CT molecular complexity index is 419. The largest absolute Gasteiger partial charge is 0.595 e. The Morgan fingerprint density at radius 3 is 2.65 bits per heavy atom. The molecule has 0 aromatic heterocycles. The van der Waals surface area contributed by atoms with Gasteiger partial charge in [0.2, 0.25) is 0 Å². The number of carboxylic acid groups (broad SMARTS) is 1. The van der Waals surface area contributed by atoms with E-state index in [1.54, 1.807) is 20.8 Å². The number of aliphatic imine (C=N–C) groups is 1. The Kier molecular flexibility index (Phi) is 5.29. The van der Waals surface area contributed by atoms with Gasteiger partial charge in [-0.15, -0.1) is 0 Å². The van der Waals surface area contributed by atoms with Crippen molar-refractivity contribution in [3.63, 3.8) is 0 Å². The van der Waals surface area contributed by atoms with E-state index in [0.717, 1.165) is 0 Å². The SMILES string of the molecule is CC(C)(C)OC([O-])=NCC(=S)N1CC[C@H](O)[C@H]1C(=O)O. The zero-order valence-corrected chi connectivity index (χ0v) is 12.5. The van der Waals surface area contributed by atoms with Gasteiger partial charge >= 0.3 is 5.97 Å². The summed E-state index contributed by atoms with van der Waals surface area (Å²) in [6, 6.07) is -1.07. The van der Waals surface area contributed by atoms with Gasteiger partial charge in [-0.25, -0.2) is 4.79 Å². The van der Waals surface area contributed by atoms with E-state index in [4.69, 9.17) is 22.1 Å². The van der Waals surface area contributed by atoms with E-state index < -0.39 is 29.8 Å². The molecule has 2 atom stereocenters. The lowest BCUT2D eigenvalue weighted by Crippen LogP contribution is -2.45. The first-order valence-corrected chi connectivity index (χ1v) is 6.63. The van der Waals surface area contributed by atoms with Gasteiger partial charge in [0.15, 0.2) is 6.04 Å². The Labute approximate surface area is 122 Å². The number of hydrogen-bond donors (Lipinski definition) is 2. The third-order valence-corrected chi connectivity index (χ3v) is 3.04. The predicted molar refractivity (Wildman–Crippen MR) is 74.5 cm³/mol. The van der Waals surface area contributed by atoms with Gasteiger partial charge < -0.3 is 25.0 Å². The summed E-state index contributed by atoms with van der Waals surface area (Å²) in [5, 5.41) is 30.1. The molecule has 8 heteroatoms. The molecule has 0 unspecified atom stereocenters. The first-order chi connectivity index (χ1) is 9.11. The topological polar surface area (TPSA) is 105 Å². The summed E-state index contributed by atoms with van der Waals surface area (Å²) < 4.78 is 5.00. The van der Waals surface area contributed by atoms with Gasteiger partial charge in [-0.3, -0.25) is 4.99 Å². The molecule has 1 fully saturated rings. The van der Waals surface area contributed by atoms with Crippen molar-refractivity contribution >= 4 is 29.3 Å². The van der Waals surface area contributed by atoms with E-state index in [1.165, 1.54) is 4.90 Å². The minimum atomic E-state index is -1.14. The number of carbonyl (C=O) groups is 1. The standard InChI is InChI=1S/C12H20N2O5S/c1-12(2,3)19-11(18)13-6-8(20)14-5-4-7(15)9(14)10(16)17/h7,9,15H,4-6H2,1-3H3,(H,13,18)(H,16,17)/p-1/t7-,9-/m0/s1. The van der Waals surface area contributed by atoms with Crippen LogP contribution in [0.5, 0.6) is 0 Å². The van der Waals surface area contributed by atoms with Gasteiger partial charge in [-0.2, -0.15) is 0 Å². The van der Waals surface area contributed by atoms with Crippen molar-refractivity contribution in [1.29, 1.82) is 0 Å². The summed E-state index contributed by atoms with van der Waals surface area (Å²) in [6.07, 6.45) is -1.39. The summed E-state index contributed by atoms with van der Waals surface area (Å²) in [6.45, 7) is 5.36. The van der Waals surface area contributed by atoms with Gasteiger partial charge in [-0.1, -0.05) is 33.0 Å². The van der Waals surface area contributed by atoms with Crippen LogP contribution in [-0.4, -0.2) is 63.0 Å². The molecule has 7 nitrogen and oxygen atoms in total. The second kappa shape index (κ2) is 6.36. The molecule has 1 heterocycles. The third-order valence-electron chi connectivity index (χ3n) is 2.68. The van der Waals surface area contributed by atoms with Gasteiger partial charge in [-0.05, 0) is 6.42 Å². The molecule has 0 aliphatic carbocycles. The number of nitrogens with zero attached hydrogens (tertiary/aromatic N) is 2. The van der Waals surface area contributed by atoms with E-state index >= 15 is 0 Å². The maximum atomic E-state index is 11.4. The Morgan fingerprint density at radius 2 is 2.15 bits per heavy atom. The monoisotopic (exact) mass is 303 g/mol. The minimum Gasteiger partial charge on any atom is -0.595 e. The van der Waals surface area contributed by atoms with Crippen LogP contribution in [0.2, 0.25) is 0 Å². The van der Waals surface area contributed by atoms with Crippen molar-refractivity contribution in [2.45, 2.75) is 44.9 Å². The normalized spacial score (nSPS) is 23.8. The molecular formula is C12H19N2O5S-. The van der Waals surface area contributed by atoms with Gasteiger partial charge in [0, 0.05) is 12.1 Å². The van der Waals surface area contributed by atoms with Gasteiger partial charge in [0.05, 0.1) is 12.6 Å². The van der Waals surface area contributed by atoms with Crippen molar-refractivity contribution in [2.24, 2.45) is 4.99 Å². The highest BCUT2D eigenvalue weighted by molar-refractivity contribution is 7.80. The number of thiocarbonyl (C=S) groups is 1. The average Bonchev–Trinajstić information content (AvgIpc) is 2.65. The number of ether oxygens (including phenoxy) is 1. The zero-order valence-electron chi connectivity index (χ0n) is 11.7. The fraction of sp³-hybridized carbons (Fsp3) is 0.750. The number of hydrogen-bond acceptors (Lipinski definition) is 6. The fourth-order valence-electron chi connectivity index (χ4n) is 1.87. The van der Waals surface area contributed by atoms with Crippen LogP contribution in [-0.2, 0) is 9.53 Å². The summed E-state index contributed by atoms with van der Waals surface area (Å²) in [7, 11) is 0. The molecule has 2 N–H and O–H groups in total. The first kappa shape index (κ1) is 16.6. The molecule has 0 aromatic carbocycles. The maximum absolute atomic E-state index is 11.4. The van der Waals surface area contributed by atoms with E-state index in [0.29, 0.717) is 13.0 Å². The number of rotatable bonds is 3. The lowest BCUT2D eigenvalue weighted by Gasteiger charge is -2.30. The van der Waals surface area contributed by atoms with Crippen LogP contribution >= 0.6 is 12.2 Å². The van der Waals surface area contributed by atoms with Crippen LogP contribution in [0.25, 0.3) is 0 Å². The van der Waals surface area contributed by atoms with Crippen LogP contribution in [0.15, 0.2) is 4.99 Å². The number of aliphatic hydroxyl groups excluding tert-OH is 1. The predicted octanol–water partition coefficient (Wildman–Crippen LogP) is -0.635. The van der Waals surface area contributed by atoms with Crippen molar-refractivity contribution < 1.29 is 24.9 Å². The quantitative estimate of drug-likeness (QED) is 0.406. The minimum absolute atomic E-state index is 0.124. The highest BCUT2D eigenvalue weighted by Gasteiger charge is 2.39. The molecule has 1 aliphatic heterocycles. The molecule has 20 heavy (non-hydrogen) atoms. The highest BCUT2D eigenvalue weighted by Crippen LogP contribution is 2.19. The van der Waals surface area contributed by atoms with Crippen LogP contribution in [0.3, 0.4) is 0 Å². The molecular weight excluding hydrogens is 284 g/mol. The Balaban J connectivity index is 2.63. The molecule has 0 saturated carbocycles. The molecule has 0 amide bonds. The lowest BCUT2D eigenvalue weighted by atomic mass is 10.2. The summed E-state index contributed by atoms with van der Waals surface area (Å²) in [4.78, 5) is 16.3. The Hall–Kier alpha value is -1.41. The van der Waals surface area contributed by atoms with E-state index in [2.05, 4.69) is 4.99 Å². The number of likely N-dealkylation sites (tertiary alicyclic amines) is 1. The first-order valence-electron chi connectivity index (χ1n) is 6.22. The molecule has 0 aromatic rings. The molecule has 1 aliphatic rings. The molecule has 114 valence electrons. The van der Waals surface area contributed by atoms with Crippen LogP contribution in [0, 0.1) is 0 Å². The third kappa shape index (κ3) is 4.61. The second-order valence-electron chi connectivity index (χ2n) is 5.52. The summed E-state index contributed by atoms with van der Waals surface area (Å²) >= 11 is 5.07. The van der Waals surface area contributed by atoms with E-state index in [1.807, 2.05) is 0 Å². The maximum Gasteiger partial charge on any atom is 0.329 e. The fourth-order valence-corrected chi connectivity index (χ4v) is 2.14. The van der Waals surface area contributed by atoms with Crippen LogP contribution in [0.1, 0.15) is 27.2 Å². The van der Waals surface area contributed by atoms with Crippen molar-refractivity contribution in [1.82, 2.24) is 4.90 Å². The van der Waals surface area contributed by atoms with E-state index in [9.17, 15) is 15.0 Å². The van der Waals surface area contributed by atoms with Crippen LogP contribution in [0.4, 0.5) is 0 Å². The van der Waals surface area contributed by atoms with Crippen molar-refractivity contribution in [3.05, 3.63) is 0 Å². The van der Waals surface area contributed by atoms with Crippen molar-refractivity contribution in [2.75, 3.05) is 13.1 Å². The molecule has 1 saturated heterocycles. The van der Waals surface area contributed by atoms with Gasteiger partial charge in [0.1, 0.15) is 11.1 Å². The number of aliphatic carboxylic acids is 1. The molecule has 0 radical (unpaired) electrons. The van der Waals surface area contributed by atoms with Crippen molar-refractivity contribution in [3.8, 4) is 0 Å². The average molecular weight is 303 g/mol. The lowest BCUT2D eigenvalue weighted by molar-refractivity contribution is -0.260. The number of aliphatic hydroxyl groups is 1. The number of carboxylic acids is 1. The van der Waals surface area contributed by atoms with Gasteiger partial charge in [0.25, 0.3) is 0 Å². The summed E-state index contributed by atoms with van der Waals surface area (Å²) in [5.74, 6) is -1.14. The highest BCUT2D eigenvalue weighted by atomic mass is 32.1. The second-order valence-corrected chi connectivity index (χ2v) is 5.99. The summed E-state index contributed by atoms with van der Waals surface area (Å²) in [5.41, 5.74) is -0.643. The zero-order chi connectivity index (χ0) is 15.5. The molecule has 1 rings (SSSR count). The Morgan fingerprint density at radius 1 is 1.55 bits per heavy atom. The van der Waals surface area contributed by atoms with Crippen LogP contribution < -0.4 is 5.11 Å². The molecule has 0 bridgehead atoms.